The second kappa shape index (κ2) is 8.27. The average molecular weight is 380 g/mol. The second-order valence-electron chi connectivity index (χ2n) is 6.30. The Kier molecular flexibility index (Phi) is 6.06. The van der Waals surface area contributed by atoms with E-state index < -0.39 is 6.04 Å². The van der Waals surface area contributed by atoms with Gasteiger partial charge in [0.2, 0.25) is 5.91 Å². The molecule has 1 aliphatic heterocycles. The SMILES string of the molecule is Cc1nc(NC(=O)C(N)C2CCOCC2)sc1Cc1cccc(Cl)c1. The monoisotopic (exact) mass is 379 g/mol. The fourth-order valence-corrected chi connectivity index (χ4v) is 4.17. The summed E-state index contributed by atoms with van der Waals surface area (Å²) in [5, 5.41) is 4.19. The Morgan fingerprint density at radius 1 is 1.48 bits per heavy atom. The molecule has 1 aliphatic rings. The van der Waals surface area contributed by atoms with Gasteiger partial charge in [0.1, 0.15) is 0 Å². The van der Waals surface area contributed by atoms with Gasteiger partial charge in [-0.2, -0.15) is 0 Å². The van der Waals surface area contributed by atoms with Crippen LogP contribution in [0.4, 0.5) is 5.13 Å². The number of amides is 1. The maximum atomic E-state index is 12.4. The Labute approximate surface area is 156 Å². The van der Waals surface area contributed by atoms with Crippen LogP contribution in [0.2, 0.25) is 5.02 Å². The normalized spacial score (nSPS) is 16.6. The standard InChI is InChI=1S/C18H22ClN3O2S/c1-11-15(10-12-3-2-4-14(19)9-12)25-18(21-11)22-17(23)16(20)13-5-7-24-8-6-13/h2-4,9,13,16H,5-8,10,20H2,1H3,(H,21,22,23). The van der Waals surface area contributed by atoms with E-state index in [0.717, 1.165) is 40.4 Å². The highest BCUT2D eigenvalue weighted by Gasteiger charge is 2.27. The number of rotatable bonds is 5. The molecule has 1 unspecified atom stereocenters. The fraction of sp³-hybridized carbons (Fsp3) is 0.444. The molecule has 3 N–H and O–H groups in total. The van der Waals surface area contributed by atoms with Gasteiger partial charge in [-0.1, -0.05) is 23.7 Å². The second-order valence-corrected chi connectivity index (χ2v) is 7.82. The number of benzene rings is 1. The minimum atomic E-state index is -0.524. The summed E-state index contributed by atoms with van der Waals surface area (Å²) in [5.41, 5.74) is 8.16. The van der Waals surface area contributed by atoms with Crippen LogP contribution in [0.25, 0.3) is 0 Å². The minimum Gasteiger partial charge on any atom is -0.381 e. The van der Waals surface area contributed by atoms with Crippen molar-refractivity contribution in [3.05, 3.63) is 45.4 Å². The molecule has 2 aromatic rings. The Bertz CT molecular complexity index is 744. The first-order chi connectivity index (χ1) is 12.0. The lowest BCUT2D eigenvalue weighted by Crippen LogP contribution is -2.43. The number of carbonyl (C=O) groups is 1. The first-order valence-electron chi connectivity index (χ1n) is 8.38. The molecule has 0 saturated carbocycles. The van der Waals surface area contributed by atoms with Gasteiger partial charge in [-0.05, 0) is 43.4 Å². The van der Waals surface area contributed by atoms with Crippen LogP contribution in [-0.4, -0.2) is 30.1 Å². The summed E-state index contributed by atoms with van der Waals surface area (Å²) in [5.74, 6) is -0.00399. The largest absolute Gasteiger partial charge is 0.381 e. The van der Waals surface area contributed by atoms with E-state index in [0.29, 0.717) is 18.3 Å². The van der Waals surface area contributed by atoms with Gasteiger partial charge < -0.3 is 15.8 Å². The minimum absolute atomic E-state index is 0.167. The van der Waals surface area contributed by atoms with E-state index in [1.807, 2.05) is 31.2 Å². The molecule has 2 heterocycles. The maximum Gasteiger partial charge on any atom is 0.243 e. The average Bonchev–Trinajstić information content (AvgIpc) is 2.94. The summed E-state index contributed by atoms with van der Waals surface area (Å²) >= 11 is 7.53. The predicted molar refractivity (Wildman–Crippen MR) is 101 cm³/mol. The van der Waals surface area contributed by atoms with Crippen LogP contribution in [0.3, 0.4) is 0 Å². The molecule has 3 rings (SSSR count). The van der Waals surface area contributed by atoms with Crippen LogP contribution in [0.15, 0.2) is 24.3 Å². The van der Waals surface area contributed by atoms with E-state index in [1.165, 1.54) is 11.3 Å². The number of anilines is 1. The molecule has 1 fully saturated rings. The third-order valence-corrected chi connectivity index (χ3v) is 5.76. The van der Waals surface area contributed by atoms with Gasteiger partial charge in [0.25, 0.3) is 0 Å². The zero-order valence-corrected chi connectivity index (χ0v) is 15.7. The number of thiazole rings is 1. The van der Waals surface area contributed by atoms with Crippen molar-refractivity contribution in [3.8, 4) is 0 Å². The van der Waals surface area contributed by atoms with Crippen molar-refractivity contribution in [2.24, 2.45) is 11.7 Å². The first-order valence-corrected chi connectivity index (χ1v) is 9.57. The van der Waals surface area contributed by atoms with Crippen LogP contribution in [0.1, 0.15) is 29.0 Å². The molecule has 1 amide bonds. The molecule has 25 heavy (non-hydrogen) atoms. The van der Waals surface area contributed by atoms with Crippen molar-refractivity contribution < 1.29 is 9.53 Å². The van der Waals surface area contributed by atoms with E-state index in [2.05, 4.69) is 10.3 Å². The van der Waals surface area contributed by atoms with Gasteiger partial charge in [0.05, 0.1) is 11.7 Å². The van der Waals surface area contributed by atoms with Crippen molar-refractivity contribution in [2.75, 3.05) is 18.5 Å². The van der Waals surface area contributed by atoms with Gasteiger partial charge in [-0.25, -0.2) is 4.98 Å². The third-order valence-electron chi connectivity index (χ3n) is 4.45. The maximum absolute atomic E-state index is 12.4. The molecule has 7 heteroatoms. The lowest BCUT2D eigenvalue weighted by Gasteiger charge is -2.26. The van der Waals surface area contributed by atoms with Crippen molar-refractivity contribution in [2.45, 2.75) is 32.2 Å². The van der Waals surface area contributed by atoms with Gasteiger partial charge in [-0.15, -0.1) is 11.3 Å². The first kappa shape index (κ1) is 18.3. The van der Waals surface area contributed by atoms with E-state index in [1.54, 1.807) is 0 Å². The Morgan fingerprint density at radius 2 is 2.24 bits per heavy atom. The summed E-state index contributed by atoms with van der Waals surface area (Å²) in [6.45, 7) is 3.29. The van der Waals surface area contributed by atoms with Gasteiger partial charge >= 0.3 is 0 Å². The molecule has 0 radical (unpaired) electrons. The molecule has 0 spiro atoms. The van der Waals surface area contributed by atoms with Gasteiger partial charge in [0, 0.05) is 29.5 Å². The number of aryl methyl sites for hydroxylation is 1. The number of nitrogens with zero attached hydrogens (tertiary/aromatic N) is 1. The molecule has 0 aliphatic carbocycles. The quantitative estimate of drug-likeness (QED) is 0.834. The third kappa shape index (κ3) is 4.79. The summed E-state index contributed by atoms with van der Waals surface area (Å²) < 4.78 is 5.32. The van der Waals surface area contributed by atoms with Crippen molar-refractivity contribution in [1.82, 2.24) is 4.98 Å². The number of halogens is 1. The summed E-state index contributed by atoms with van der Waals surface area (Å²) in [4.78, 5) is 18.0. The lowest BCUT2D eigenvalue weighted by atomic mass is 9.92. The van der Waals surface area contributed by atoms with Crippen LogP contribution in [0, 0.1) is 12.8 Å². The van der Waals surface area contributed by atoms with Crippen molar-refractivity contribution in [1.29, 1.82) is 0 Å². The highest BCUT2D eigenvalue weighted by molar-refractivity contribution is 7.15. The van der Waals surface area contributed by atoms with E-state index in [-0.39, 0.29) is 11.8 Å². The molecular weight excluding hydrogens is 358 g/mol. The summed E-state index contributed by atoms with van der Waals surface area (Å²) in [6, 6.07) is 7.24. The van der Waals surface area contributed by atoms with Crippen molar-refractivity contribution in [3.63, 3.8) is 0 Å². The molecule has 1 saturated heterocycles. The molecule has 5 nitrogen and oxygen atoms in total. The predicted octanol–water partition coefficient (Wildman–Crippen LogP) is 3.39. The number of carbonyl (C=O) groups excluding carboxylic acids is 1. The molecule has 1 atom stereocenters. The van der Waals surface area contributed by atoms with Gasteiger partial charge in [0.15, 0.2) is 5.13 Å². The van der Waals surface area contributed by atoms with Crippen LogP contribution < -0.4 is 11.1 Å². The Morgan fingerprint density at radius 3 is 2.96 bits per heavy atom. The molecular formula is C18H22ClN3O2S. The number of hydrogen-bond acceptors (Lipinski definition) is 5. The van der Waals surface area contributed by atoms with E-state index in [4.69, 9.17) is 22.1 Å². The molecule has 1 aromatic heterocycles. The zero-order chi connectivity index (χ0) is 17.8. The van der Waals surface area contributed by atoms with Gasteiger partial charge in [-0.3, -0.25) is 4.79 Å². The molecule has 0 bridgehead atoms. The summed E-state index contributed by atoms with van der Waals surface area (Å²) in [6.07, 6.45) is 2.39. The van der Waals surface area contributed by atoms with Crippen LogP contribution in [0.5, 0.6) is 0 Å². The number of nitrogens with two attached hydrogens (primary N) is 1. The lowest BCUT2D eigenvalue weighted by molar-refractivity contribution is -0.119. The Hall–Kier alpha value is -1.47. The van der Waals surface area contributed by atoms with E-state index >= 15 is 0 Å². The number of hydrogen-bond donors (Lipinski definition) is 2. The highest BCUT2D eigenvalue weighted by atomic mass is 35.5. The number of aromatic nitrogens is 1. The molecule has 134 valence electrons. The molecule has 1 aromatic carbocycles. The smallest absolute Gasteiger partial charge is 0.243 e. The fourth-order valence-electron chi connectivity index (χ4n) is 2.96. The van der Waals surface area contributed by atoms with Crippen molar-refractivity contribution >= 4 is 34.0 Å². The van der Waals surface area contributed by atoms with E-state index in [9.17, 15) is 4.79 Å². The Balaban J connectivity index is 1.64. The number of ether oxygens (including phenoxy) is 1. The highest BCUT2D eigenvalue weighted by Crippen LogP contribution is 2.27. The number of nitrogens with one attached hydrogen (secondary N) is 1. The zero-order valence-electron chi connectivity index (χ0n) is 14.1. The van der Waals surface area contributed by atoms with Crippen LogP contribution >= 0.6 is 22.9 Å². The summed E-state index contributed by atoms with van der Waals surface area (Å²) in [7, 11) is 0. The topological polar surface area (TPSA) is 77.2 Å². The van der Waals surface area contributed by atoms with Crippen LogP contribution in [-0.2, 0) is 16.0 Å².